The molecule has 1 heterocycles. The zero-order valence-electron chi connectivity index (χ0n) is 10.3. The molecule has 2 rings (SSSR count). The molecule has 0 fully saturated rings. The Balaban J connectivity index is 1.96. The molecule has 0 saturated heterocycles. The molecule has 0 aliphatic carbocycles. The van der Waals surface area contributed by atoms with Crippen LogP contribution in [0.4, 0.5) is 0 Å². The molecule has 19 heavy (non-hydrogen) atoms. The van der Waals surface area contributed by atoms with Crippen LogP contribution in [0.25, 0.3) is 0 Å². The summed E-state index contributed by atoms with van der Waals surface area (Å²) in [4.78, 5) is 15.7. The van der Waals surface area contributed by atoms with E-state index in [1.165, 1.54) is 11.3 Å². The molecule has 0 unspecified atom stereocenters. The van der Waals surface area contributed by atoms with Crippen LogP contribution >= 0.6 is 22.9 Å². The van der Waals surface area contributed by atoms with Gasteiger partial charge >= 0.3 is 0 Å². The Morgan fingerprint density at radius 2 is 2.21 bits per heavy atom. The number of thiazole rings is 1. The number of amides is 1. The van der Waals surface area contributed by atoms with Crippen LogP contribution in [0.2, 0.25) is 5.02 Å². The quantitative estimate of drug-likeness (QED) is 0.923. The van der Waals surface area contributed by atoms with E-state index in [1.807, 2.05) is 12.1 Å². The number of nitrogens with zero attached hydrogens (tertiary/aromatic N) is 1. The predicted molar refractivity (Wildman–Crippen MR) is 75.6 cm³/mol. The molecule has 100 valence electrons. The molecular weight excluding hydrogens is 284 g/mol. The molecule has 4 nitrogen and oxygen atoms in total. The van der Waals surface area contributed by atoms with Gasteiger partial charge in [0.2, 0.25) is 0 Å². The largest absolute Gasteiger partial charge is 0.375 e. The topological polar surface area (TPSA) is 51.2 Å². The van der Waals surface area contributed by atoms with Gasteiger partial charge in [0.05, 0.1) is 11.6 Å². The summed E-state index contributed by atoms with van der Waals surface area (Å²) in [6.45, 7) is 0.383. The summed E-state index contributed by atoms with van der Waals surface area (Å²) >= 11 is 7.22. The molecule has 2 aromatic rings. The second kappa shape index (κ2) is 6.65. The van der Waals surface area contributed by atoms with Crippen LogP contribution in [-0.2, 0) is 4.74 Å². The van der Waals surface area contributed by atoms with E-state index < -0.39 is 0 Å². The van der Waals surface area contributed by atoms with E-state index in [-0.39, 0.29) is 12.0 Å². The third-order valence-corrected chi connectivity index (χ3v) is 3.48. The van der Waals surface area contributed by atoms with E-state index in [4.69, 9.17) is 16.3 Å². The van der Waals surface area contributed by atoms with Gasteiger partial charge in [-0.3, -0.25) is 4.79 Å². The van der Waals surface area contributed by atoms with Crippen LogP contribution in [0, 0.1) is 0 Å². The molecule has 0 aliphatic heterocycles. The van der Waals surface area contributed by atoms with Gasteiger partial charge in [0.15, 0.2) is 0 Å². The minimum atomic E-state index is -0.208. The number of rotatable bonds is 5. The van der Waals surface area contributed by atoms with E-state index in [0.29, 0.717) is 17.3 Å². The molecular formula is C13H13ClN2O2S. The maximum atomic E-state index is 11.8. The molecule has 1 amide bonds. The number of hydrogen-bond donors (Lipinski definition) is 1. The molecule has 0 spiro atoms. The monoisotopic (exact) mass is 296 g/mol. The van der Waals surface area contributed by atoms with Crippen molar-refractivity contribution in [3.63, 3.8) is 0 Å². The van der Waals surface area contributed by atoms with Gasteiger partial charge in [-0.05, 0) is 17.7 Å². The number of aromatic nitrogens is 1. The highest BCUT2D eigenvalue weighted by atomic mass is 35.5. The normalized spacial score (nSPS) is 12.1. The highest BCUT2D eigenvalue weighted by molar-refractivity contribution is 7.07. The highest BCUT2D eigenvalue weighted by Gasteiger charge is 2.13. The summed E-state index contributed by atoms with van der Waals surface area (Å²) in [6.07, 6.45) is -0.208. The Labute approximate surface area is 120 Å². The van der Waals surface area contributed by atoms with Gasteiger partial charge in [-0.15, -0.1) is 11.3 Å². The molecule has 0 radical (unpaired) electrons. The first kappa shape index (κ1) is 14.0. The van der Waals surface area contributed by atoms with Crippen molar-refractivity contribution in [2.45, 2.75) is 6.10 Å². The number of carbonyl (C=O) groups excluding carboxylic acids is 1. The lowest BCUT2D eigenvalue weighted by atomic mass is 10.1. The molecule has 1 atom stereocenters. The average molecular weight is 297 g/mol. The van der Waals surface area contributed by atoms with Crippen molar-refractivity contribution in [1.29, 1.82) is 0 Å². The Bertz CT molecular complexity index is 528. The van der Waals surface area contributed by atoms with Crippen LogP contribution in [0.15, 0.2) is 35.2 Å². The number of halogens is 1. The number of carbonyl (C=O) groups is 1. The van der Waals surface area contributed by atoms with Crippen LogP contribution in [0.1, 0.15) is 22.2 Å². The summed E-state index contributed by atoms with van der Waals surface area (Å²) in [7, 11) is 1.61. The zero-order chi connectivity index (χ0) is 13.7. The molecule has 0 saturated carbocycles. The molecule has 1 aromatic heterocycles. The minimum absolute atomic E-state index is 0.197. The Morgan fingerprint density at radius 1 is 1.47 bits per heavy atom. The fourth-order valence-corrected chi connectivity index (χ4v) is 2.27. The van der Waals surface area contributed by atoms with Gasteiger partial charge in [0.25, 0.3) is 5.91 Å². The number of benzene rings is 1. The highest BCUT2D eigenvalue weighted by Crippen LogP contribution is 2.18. The average Bonchev–Trinajstić information content (AvgIpc) is 2.95. The van der Waals surface area contributed by atoms with Gasteiger partial charge in [-0.25, -0.2) is 4.98 Å². The molecule has 0 aliphatic rings. The van der Waals surface area contributed by atoms with Gasteiger partial charge in [0, 0.05) is 24.1 Å². The van der Waals surface area contributed by atoms with Gasteiger partial charge in [-0.2, -0.15) is 0 Å². The van der Waals surface area contributed by atoms with Crippen molar-refractivity contribution in [1.82, 2.24) is 10.3 Å². The zero-order valence-corrected chi connectivity index (χ0v) is 11.9. The van der Waals surface area contributed by atoms with Crippen molar-refractivity contribution in [2.75, 3.05) is 13.7 Å². The van der Waals surface area contributed by atoms with Crippen molar-refractivity contribution < 1.29 is 9.53 Å². The number of hydrogen-bond acceptors (Lipinski definition) is 4. The maximum Gasteiger partial charge on any atom is 0.270 e. The van der Waals surface area contributed by atoms with Gasteiger partial charge in [0.1, 0.15) is 5.69 Å². The van der Waals surface area contributed by atoms with Crippen LogP contribution in [0.5, 0.6) is 0 Å². The van der Waals surface area contributed by atoms with E-state index in [1.54, 1.807) is 30.1 Å². The van der Waals surface area contributed by atoms with E-state index in [2.05, 4.69) is 10.3 Å². The summed E-state index contributed by atoms with van der Waals surface area (Å²) < 4.78 is 5.37. The fourth-order valence-electron chi connectivity index (χ4n) is 1.62. The molecule has 1 N–H and O–H groups in total. The van der Waals surface area contributed by atoms with Gasteiger partial charge < -0.3 is 10.1 Å². The van der Waals surface area contributed by atoms with Crippen LogP contribution in [0.3, 0.4) is 0 Å². The summed E-state index contributed by atoms with van der Waals surface area (Å²) in [6, 6.07) is 7.35. The first-order valence-corrected chi connectivity index (χ1v) is 6.97. The standard InChI is InChI=1S/C13H13ClN2O2S/c1-18-12(9-2-4-10(14)5-3-9)6-15-13(17)11-7-19-8-16-11/h2-5,7-8,12H,6H2,1H3,(H,15,17)/t12-/m1/s1. The number of methoxy groups -OCH3 is 1. The summed E-state index contributed by atoms with van der Waals surface area (Å²) in [5.41, 5.74) is 3.02. The molecule has 0 bridgehead atoms. The first-order valence-electron chi connectivity index (χ1n) is 5.65. The van der Waals surface area contributed by atoms with Crippen molar-refractivity contribution in [2.24, 2.45) is 0 Å². The third-order valence-electron chi connectivity index (χ3n) is 2.64. The predicted octanol–water partition coefficient (Wildman–Crippen LogP) is 2.91. The molecule has 1 aromatic carbocycles. The minimum Gasteiger partial charge on any atom is -0.375 e. The Morgan fingerprint density at radius 3 is 2.79 bits per heavy atom. The van der Waals surface area contributed by atoms with Crippen molar-refractivity contribution in [3.05, 3.63) is 51.4 Å². The lowest BCUT2D eigenvalue weighted by molar-refractivity contribution is 0.0825. The molecule has 6 heteroatoms. The Kier molecular flexibility index (Phi) is 4.90. The van der Waals surface area contributed by atoms with Crippen molar-refractivity contribution in [3.8, 4) is 0 Å². The fraction of sp³-hybridized carbons (Fsp3) is 0.231. The lowest BCUT2D eigenvalue weighted by Gasteiger charge is -2.16. The van der Waals surface area contributed by atoms with Gasteiger partial charge in [-0.1, -0.05) is 23.7 Å². The number of nitrogens with one attached hydrogen (secondary N) is 1. The van der Waals surface area contributed by atoms with E-state index in [9.17, 15) is 4.79 Å². The second-order valence-electron chi connectivity index (χ2n) is 3.86. The first-order chi connectivity index (χ1) is 9.20. The van der Waals surface area contributed by atoms with E-state index >= 15 is 0 Å². The third kappa shape index (κ3) is 3.76. The maximum absolute atomic E-state index is 11.8. The lowest BCUT2D eigenvalue weighted by Crippen LogP contribution is -2.29. The van der Waals surface area contributed by atoms with Crippen LogP contribution < -0.4 is 5.32 Å². The SMILES string of the molecule is CO[C@H](CNC(=O)c1cscn1)c1ccc(Cl)cc1. The smallest absolute Gasteiger partial charge is 0.270 e. The summed E-state index contributed by atoms with van der Waals surface area (Å²) in [5, 5.41) is 5.18. The Hall–Kier alpha value is -1.43. The van der Waals surface area contributed by atoms with Crippen molar-refractivity contribution >= 4 is 28.8 Å². The second-order valence-corrected chi connectivity index (χ2v) is 5.01. The number of ether oxygens (including phenoxy) is 1. The van der Waals surface area contributed by atoms with E-state index in [0.717, 1.165) is 5.56 Å². The summed E-state index contributed by atoms with van der Waals surface area (Å²) in [5.74, 6) is -0.197. The van der Waals surface area contributed by atoms with Crippen LogP contribution in [-0.4, -0.2) is 24.5 Å².